The lowest BCUT2D eigenvalue weighted by Gasteiger charge is -2.30. The van der Waals surface area contributed by atoms with Crippen molar-refractivity contribution < 1.29 is 18.0 Å². The minimum atomic E-state index is -3.59. The molecule has 160 valence electrons. The Kier molecular flexibility index (Phi) is 7.18. The Morgan fingerprint density at radius 3 is 2.45 bits per heavy atom. The Morgan fingerprint density at radius 2 is 1.86 bits per heavy atom. The number of nitrogens with zero attached hydrogens (tertiary/aromatic N) is 2. The second-order valence-corrected chi connectivity index (χ2v) is 11.0. The minimum absolute atomic E-state index is 0.0355. The van der Waals surface area contributed by atoms with Gasteiger partial charge in [-0.25, -0.2) is 18.2 Å². The van der Waals surface area contributed by atoms with Crippen molar-refractivity contribution in [3.8, 4) is 0 Å². The summed E-state index contributed by atoms with van der Waals surface area (Å²) in [5.74, 6) is -0.413. The van der Waals surface area contributed by atoms with E-state index in [0.717, 1.165) is 44.9 Å². The molecule has 2 saturated carbocycles. The molecule has 3 rings (SSSR count). The standard InChI is InChI=1S/C19H28N4O4S2/c1-13(18(24)22-19(25)21-14-8-9-14)28-17-11-10-16(12-20-17)29(26,27)23(2)15-6-4-3-5-7-15/h10-15H,3-9H2,1-2H3,(H2,21,22,24,25). The maximum Gasteiger partial charge on any atom is 0.321 e. The van der Waals surface area contributed by atoms with Crippen molar-refractivity contribution in [3.05, 3.63) is 18.3 Å². The van der Waals surface area contributed by atoms with Crippen LogP contribution < -0.4 is 10.6 Å². The summed E-state index contributed by atoms with van der Waals surface area (Å²) in [7, 11) is -1.96. The van der Waals surface area contributed by atoms with Gasteiger partial charge in [0, 0.05) is 25.3 Å². The van der Waals surface area contributed by atoms with Crippen LogP contribution >= 0.6 is 11.8 Å². The van der Waals surface area contributed by atoms with Crippen LogP contribution in [-0.4, -0.2) is 54.0 Å². The molecule has 1 aromatic rings. The van der Waals surface area contributed by atoms with Gasteiger partial charge in [0.1, 0.15) is 4.90 Å². The van der Waals surface area contributed by atoms with Gasteiger partial charge >= 0.3 is 6.03 Å². The highest BCUT2D eigenvalue weighted by Crippen LogP contribution is 2.27. The Balaban J connectivity index is 1.57. The van der Waals surface area contributed by atoms with Crippen molar-refractivity contribution in [1.82, 2.24) is 19.9 Å². The summed E-state index contributed by atoms with van der Waals surface area (Å²) in [4.78, 5) is 28.2. The number of hydrogen-bond donors (Lipinski definition) is 2. The van der Waals surface area contributed by atoms with Crippen molar-refractivity contribution in [1.29, 1.82) is 0 Å². The largest absolute Gasteiger partial charge is 0.335 e. The number of urea groups is 1. The van der Waals surface area contributed by atoms with E-state index in [1.807, 2.05) is 0 Å². The first-order valence-electron chi connectivity index (χ1n) is 9.99. The molecule has 0 spiro atoms. The first-order valence-corrected chi connectivity index (χ1v) is 12.3. The van der Waals surface area contributed by atoms with Gasteiger partial charge in [-0.05, 0) is 44.7 Å². The molecule has 10 heteroatoms. The predicted molar refractivity (Wildman–Crippen MR) is 111 cm³/mol. The van der Waals surface area contributed by atoms with Gasteiger partial charge in [-0.2, -0.15) is 4.31 Å². The average Bonchev–Trinajstić information content (AvgIpc) is 3.52. The van der Waals surface area contributed by atoms with Crippen molar-refractivity contribution in [3.63, 3.8) is 0 Å². The fraction of sp³-hybridized carbons (Fsp3) is 0.632. The molecular weight excluding hydrogens is 412 g/mol. The molecule has 0 radical (unpaired) electrons. The number of pyridine rings is 1. The van der Waals surface area contributed by atoms with Gasteiger partial charge in [0.15, 0.2) is 0 Å². The van der Waals surface area contributed by atoms with Crippen LogP contribution in [0.2, 0.25) is 0 Å². The summed E-state index contributed by atoms with van der Waals surface area (Å²) in [5, 5.41) is 5.00. The van der Waals surface area contributed by atoms with E-state index < -0.39 is 27.2 Å². The number of sulfonamides is 1. The van der Waals surface area contributed by atoms with E-state index in [0.29, 0.717) is 5.03 Å². The third-order valence-corrected chi connectivity index (χ3v) is 8.24. The summed E-state index contributed by atoms with van der Waals surface area (Å²) in [5.41, 5.74) is 0. The van der Waals surface area contributed by atoms with Gasteiger partial charge in [-0.3, -0.25) is 10.1 Å². The van der Waals surface area contributed by atoms with Crippen molar-refractivity contribution >= 4 is 33.7 Å². The predicted octanol–water partition coefficient (Wildman–Crippen LogP) is 2.50. The van der Waals surface area contributed by atoms with E-state index in [-0.39, 0.29) is 17.0 Å². The highest BCUT2D eigenvalue weighted by molar-refractivity contribution is 8.00. The van der Waals surface area contributed by atoms with Crippen LogP contribution in [0.5, 0.6) is 0 Å². The Labute approximate surface area is 176 Å². The first kappa shape index (κ1) is 22.0. The van der Waals surface area contributed by atoms with Crippen LogP contribution in [0.1, 0.15) is 51.9 Å². The van der Waals surface area contributed by atoms with E-state index >= 15 is 0 Å². The van der Waals surface area contributed by atoms with Crippen molar-refractivity contribution in [2.24, 2.45) is 0 Å². The first-order chi connectivity index (χ1) is 13.8. The molecule has 0 aromatic carbocycles. The zero-order chi connectivity index (χ0) is 21.0. The van der Waals surface area contributed by atoms with Crippen LogP contribution in [0.4, 0.5) is 4.79 Å². The van der Waals surface area contributed by atoms with Crippen LogP contribution in [0.15, 0.2) is 28.3 Å². The number of thioether (sulfide) groups is 1. The van der Waals surface area contributed by atoms with Gasteiger partial charge in [0.25, 0.3) is 0 Å². The third kappa shape index (κ3) is 5.93. The fourth-order valence-electron chi connectivity index (χ4n) is 3.29. The SMILES string of the molecule is CC(Sc1ccc(S(=O)(=O)N(C)C2CCCCC2)cn1)C(=O)NC(=O)NC1CC1. The van der Waals surface area contributed by atoms with Crippen molar-refractivity contribution in [2.45, 2.75) is 79.1 Å². The van der Waals surface area contributed by atoms with E-state index in [9.17, 15) is 18.0 Å². The minimum Gasteiger partial charge on any atom is -0.335 e. The number of amides is 3. The van der Waals surface area contributed by atoms with E-state index in [4.69, 9.17) is 0 Å². The second kappa shape index (κ2) is 9.44. The van der Waals surface area contributed by atoms with E-state index in [1.54, 1.807) is 20.0 Å². The van der Waals surface area contributed by atoms with Gasteiger partial charge in [0.2, 0.25) is 15.9 Å². The molecule has 2 fully saturated rings. The Hall–Kier alpha value is -1.65. The highest BCUT2D eigenvalue weighted by Gasteiger charge is 2.29. The van der Waals surface area contributed by atoms with Gasteiger partial charge in [-0.15, -0.1) is 0 Å². The van der Waals surface area contributed by atoms with Crippen LogP contribution in [0, 0.1) is 0 Å². The molecule has 1 aromatic heterocycles. The van der Waals surface area contributed by atoms with Crippen LogP contribution in [0.3, 0.4) is 0 Å². The number of imide groups is 1. The summed E-state index contributed by atoms with van der Waals surface area (Å²) >= 11 is 1.17. The average molecular weight is 441 g/mol. The van der Waals surface area contributed by atoms with Crippen LogP contribution in [0.25, 0.3) is 0 Å². The topological polar surface area (TPSA) is 108 Å². The Morgan fingerprint density at radius 1 is 1.17 bits per heavy atom. The molecule has 29 heavy (non-hydrogen) atoms. The second-order valence-electron chi connectivity index (χ2n) is 7.64. The normalized spacial score (nSPS) is 19.0. The molecule has 2 N–H and O–H groups in total. The summed E-state index contributed by atoms with van der Waals surface area (Å²) in [6.45, 7) is 1.67. The molecule has 0 aliphatic heterocycles. The monoisotopic (exact) mass is 440 g/mol. The number of aromatic nitrogens is 1. The quantitative estimate of drug-likeness (QED) is 0.631. The van der Waals surface area contributed by atoms with Crippen LogP contribution in [-0.2, 0) is 14.8 Å². The van der Waals surface area contributed by atoms with Crippen molar-refractivity contribution in [2.75, 3.05) is 7.05 Å². The lowest BCUT2D eigenvalue weighted by Crippen LogP contribution is -2.43. The molecular formula is C19H28N4O4S2. The number of carbonyl (C=O) groups excluding carboxylic acids is 2. The maximum atomic E-state index is 12.9. The lowest BCUT2D eigenvalue weighted by molar-refractivity contribution is -0.119. The smallest absolute Gasteiger partial charge is 0.321 e. The van der Waals surface area contributed by atoms with Gasteiger partial charge < -0.3 is 5.32 Å². The molecule has 0 saturated heterocycles. The number of nitrogens with one attached hydrogen (secondary N) is 2. The zero-order valence-corrected chi connectivity index (χ0v) is 18.4. The van der Waals surface area contributed by atoms with Gasteiger partial charge in [0.05, 0.1) is 10.3 Å². The van der Waals surface area contributed by atoms with E-state index in [1.165, 1.54) is 28.3 Å². The molecule has 2 aliphatic rings. The number of hydrogen-bond acceptors (Lipinski definition) is 6. The molecule has 3 amide bonds. The fourth-order valence-corrected chi connectivity index (χ4v) is 5.44. The number of rotatable bonds is 7. The molecule has 1 atom stereocenters. The molecule has 1 unspecified atom stereocenters. The van der Waals surface area contributed by atoms with Gasteiger partial charge in [-0.1, -0.05) is 31.0 Å². The third-order valence-electron chi connectivity index (χ3n) is 5.29. The molecule has 2 aliphatic carbocycles. The zero-order valence-electron chi connectivity index (χ0n) is 16.8. The molecule has 0 bridgehead atoms. The Bertz CT molecular complexity index is 834. The molecule has 8 nitrogen and oxygen atoms in total. The highest BCUT2D eigenvalue weighted by atomic mass is 32.2. The summed E-state index contributed by atoms with van der Waals surface area (Å²) in [6, 6.07) is 2.85. The molecule has 1 heterocycles. The van der Waals surface area contributed by atoms with E-state index in [2.05, 4.69) is 15.6 Å². The summed E-state index contributed by atoms with van der Waals surface area (Å²) in [6.07, 6.45) is 8.26. The summed E-state index contributed by atoms with van der Waals surface area (Å²) < 4.78 is 27.2. The lowest BCUT2D eigenvalue weighted by atomic mass is 9.96. The maximum absolute atomic E-state index is 12.9. The number of carbonyl (C=O) groups is 2.